The van der Waals surface area contributed by atoms with Gasteiger partial charge in [0.15, 0.2) is 0 Å². The van der Waals surface area contributed by atoms with Gasteiger partial charge in [-0.3, -0.25) is 5.32 Å². The van der Waals surface area contributed by atoms with E-state index in [9.17, 15) is 5.11 Å². The molecule has 3 heteroatoms. The van der Waals surface area contributed by atoms with Crippen molar-refractivity contribution in [2.24, 2.45) is 52.3 Å². The Balaban J connectivity index is 1.26. The molecule has 2 saturated heterocycles. The Morgan fingerprint density at radius 2 is 1.67 bits per heavy atom. The first-order valence-corrected chi connectivity index (χ1v) is 13.4. The zero-order chi connectivity index (χ0) is 20.9. The fourth-order valence-electron chi connectivity index (χ4n) is 10.4. The number of aliphatic hydroxyl groups is 1. The van der Waals surface area contributed by atoms with Gasteiger partial charge in [0.25, 0.3) is 0 Å². The van der Waals surface area contributed by atoms with E-state index in [0.29, 0.717) is 22.9 Å². The molecule has 0 aromatic heterocycles. The van der Waals surface area contributed by atoms with Gasteiger partial charge < -0.3 is 9.84 Å². The molecule has 0 aromatic rings. The van der Waals surface area contributed by atoms with Gasteiger partial charge in [0.1, 0.15) is 5.72 Å². The van der Waals surface area contributed by atoms with Gasteiger partial charge in [-0.1, -0.05) is 27.7 Å². The van der Waals surface area contributed by atoms with Crippen LogP contribution in [0.1, 0.15) is 91.9 Å². The molecule has 9 unspecified atom stereocenters. The largest absolute Gasteiger partial charge is 0.393 e. The predicted octanol–water partition coefficient (Wildman–Crippen LogP) is 5.37. The first-order valence-electron chi connectivity index (χ1n) is 13.4. The zero-order valence-electron chi connectivity index (χ0n) is 19.8. The van der Waals surface area contributed by atoms with Crippen LogP contribution in [0.2, 0.25) is 0 Å². The Morgan fingerprint density at radius 3 is 2.43 bits per heavy atom. The van der Waals surface area contributed by atoms with Crippen LogP contribution in [0.25, 0.3) is 0 Å². The Morgan fingerprint density at radius 1 is 0.867 bits per heavy atom. The van der Waals surface area contributed by atoms with E-state index < -0.39 is 0 Å². The average molecular weight is 416 g/mol. The first kappa shape index (κ1) is 20.5. The van der Waals surface area contributed by atoms with Gasteiger partial charge in [-0.15, -0.1) is 0 Å². The summed E-state index contributed by atoms with van der Waals surface area (Å²) >= 11 is 0. The molecule has 0 radical (unpaired) electrons. The highest BCUT2D eigenvalue weighted by atomic mass is 16.5. The fraction of sp³-hybridized carbons (Fsp3) is 1.00. The van der Waals surface area contributed by atoms with Crippen molar-refractivity contribution < 1.29 is 9.84 Å². The van der Waals surface area contributed by atoms with Crippen molar-refractivity contribution in [1.82, 2.24) is 5.32 Å². The molecule has 6 aliphatic rings. The highest BCUT2D eigenvalue weighted by molar-refractivity contribution is 5.16. The summed E-state index contributed by atoms with van der Waals surface area (Å²) in [6.07, 6.45) is 13.2. The molecule has 0 bridgehead atoms. The van der Waals surface area contributed by atoms with Crippen molar-refractivity contribution in [2.45, 2.75) is 110 Å². The van der Waals surface area contributed by atoms with Crippen molar-refractivity contribution in [2.75, 3.05) is 6.54 Å². The molecule has 6 fully saturated rings. The number of hydrogen-bond acceptors (Lipinski definition) is 3. The fourth-order valence-corrected chi connectivity index (χ4v) is 10.4. The molecule has 4 saturated carbocycles. The maximum Gasteiger partial charge on any atom is 0.122 e. The molecule has 2 heterocycles. The molecular formula is C27H45NO2. The van der Waals surface area contributed by atoms with Crippen LogP contribution < -0.4 is 5.32 Å². The normalized spacial score (nSPS) is 62.5. The molecule has 6 rings (SSSR count). The molecule has 12 atom stereocenters. The predicted molar refractivity (Wildman–Crippen MR) is 120 cm³/mol. The second kappa shape index (κ2) is 6.70. The van der Waals surface area contributed by atoms with Gasteiger partial charge in [0.05, 0.1) is 12.2 Å². The number of ether oxygens (including phenoxy) is 1. The van der Waals surface area contributed by atoms with Crippen LogP contribution >= 0.6 is 0 Å². The summed E-state index contributed by atoms with van der Waals surface area (Å²) < 4.78 is 7.01. The second-order valence-corrected chi connectivity index (χ2v) is 13.3. The van der Waals surface area contributed by atoms with Crippen LogP contribution in [0, 0.1) is 52.3 Å². The standard InChI is InChI=1S/C27H45NO2/c1-16-7-12-27(28-15-16)17(2)24-23(30-27)14-22-20-6-5-18-13-19(29)8-10-25(18,3)21(20)9-11-26(22,24)4/h16-24,28-29H,5-15H2,1-4H3/t16?,17?,18-,19?,20?,21?,22?,23?,24?,25-,26-,27?/m0/s1. The van der Waals surface area contributed by atoms with E-state index in [-0.39, 0.29) is 11.8 Å². The Hall–Kier alpha value is -0.120. The molecule has 30 heavy (non-hydrogen) atoms. The van der Waals surface area contributed by atoms with E-state index in [4.69, 9.17) is 4.74 Å². The monoisotopic (exact) mass is 415 g/mol. The number of piperidine rings is 1. The molecule has 170 valence electrons. The van der Waals surface area contributed by atoms with Gasteiger partial charge in [-0.25, -0.2) is 0 Å². The maximum absolute atomic E-state index is 10.3. The first-order chi connectivity index (χ1) is 14.3. The van der Waals surface area contributed by atoms with E-state index >= 15 is 0 Å². The Labute approximate surface area is 184 Å². The number of hydrogen-bond donors (Lipinski definition) is 2. The third-order valence-corrected chi connectivity index (χ3v) is 12.1. The van der Waals surface area contributed by atoms with Crippen molar-refractivity contribution >= 4 is 0 Å². The van der Waals surface area contributed by atoms with Crippen LogP contribution in [0.15, 0.2) is 0 Å². The highest BCUT2D eigenvalue weighted by Crippen LogP contribution is 2.71. The molecule has 0 amide bonds. The van der Waals surface area contributed by atoms with Crippen molar-refractivity contribution in [3.05, 3.63) is 0 Å². The minimum atomic E-state index is -0.0320. The maximum atomic E-state index is 10.3. The van der Waals surface area contributed by atoms with Gasteiger partial charge in [0.2, 0.25) is 0 Å². The molecule has 2 aliphatic heterocycles. The van der Waals surface area contributed by atoms with E-state index in [2.05, 4.69) is 33.0 Å². The summed E-state index contributed by atoms with van der Waals surface area (Å²) in [5.41, 5.74) is 0.919. The molecule has 3 nitrogen and oxygen atoms in total. The lowest BCUT2D eigenvalue weighted by Gasteiger charge is -2.61. The van der Waals surface area contributed by atoms with Crippen LogP contribution in [0.3, 0.4) is 0 Å². The van der Waals surface area contributed by atoms with Gasteiger partial charge in [-0.2, -0.15) is 0 Å². The number of rotatable bonds is 0. The minimum absolute atomic E-state index is 0.0319. The minimum Gasteiger partial charge on any atom is -0.393 e. The molecule has 4 aliphatic carbocycles. The van der Waals surface area contributed by atoms with Crippen molar-refractivity contribution in [3.8, 4) is 0 Å². The Bertz CT molecular complexity index is 686. The summed E-state index contributed by atoms with van der Waals surface area (Å²) in [4.78, 5) is 0. The highest BCUT2D eigenvalue weighted by Gasteiger charge is 2.68. The molecular weight excluding hydrogens is 370 g/mol. The molecule has 1 spiro atoms. The SMILES string of the molecule is CC1CCC2(NC1)OC1CC3C4CC[C@H]5CC(O)CC[C@]5(C)C4CC[C@]3(C)C1C2C. The zero-order valence-corrected chi connectivity index (χ0v) is 19.8. The summed E-state index contributed by atoms with van der Waals surface area (Å²) in [7, 11) is 0. The third kappa shape index (κ3) is 2.61. The second-order valence-electron chi connectivity index (χ2n) is 13.3. The topological polar surface area (TPSA) is 41.5 Å². The quantitative estimate of drug-likeness (QED) is 0.559. The van der Waals surface area contributed by atoms with Crippen LogP contribution in [-0.2, 0) is 4.74 Å². The van der Waals surface area contributed by atoms with Crippen LogP contribution in [-0.4, -0.2) is 29.6 Å². The van der Waals surface area contributed by atoms with Gasteiger partial charge in [0, 0.05) is 12.5 Å². The van der Waals surface area contributed by atoms with Crippen LogP contribution in [0.5, 0.6) is 0 Å². The lowest BCUT2D eigenvalue weighted by atomic mass is 9.44. The van der Waals surface area contributed by atoms with Gasteiger partial charge in [-0.05, 0) is 111 Å². The summed E-state index contributed by atoms with van der Waals surface area (Å²) in [5, 5.41) is 14.2. The molecule has 2 N–H and O–H groups in total. The number of nitrogens with one attached hydrogen (secondary N) is 1. The van der Waals surface area contributed by atoms with Crippen LogP contribution in [0.4, 0.5) is 0 Å². The average Bonchev–Trinajstić information content (AvgIpc) is 3.16. The third-order valence-electron chi connectivity index (χ3n) is 12.1. The summed E-state index contributed by atoms with van der Waals surface area (Å²) in [5.74, 6) is 5.57. The lowest BCUT2D eigenvalue weighted by Crippen LogP contribution is -2.57. The van der Waals surface area contributed by atoms with E-state index in [1.807, 2.05) is 0 Å². The Kier molecular flexibility index (Phi) is 4.58. The van der Waals surface area contributed by atoms with E-state index in [1.54, 1.807) is 0 Å². The number of fused-ring (bicyclic) bond motifs is 7. The van der Waals surface area contributed by atoms with Gasteiger partial charge >= 0.3 is 0 Å². The van der Waals surface area contributed by atoms with Crippen molar-refractivity contribution in [1.29, 1.82) is 0 Å². The van der Waals surface area contributed by atoms with Crippen molar-refractivity contribution in [3.63, 3.8) is 0 Å². The van der Waals surface area contributed by atoms with E-state index in [1.165, 1.54) is 51.4 Å². The summed E-state index contributed by atoms with van der Waals surface area (Å²) in [6, 6.07) is 0. The molecule has 0 aromatic carbocycles. The number of aliphatic hydroxyl groups excluding tert-OH is 1. The smallest absolute Gasteiger partial charge is 0.122 e. The summed E-state index contributed by atoms with van der Waals surface area (Å²) in [6.45, 7) is 11.3. The van der Waals surface area contributed by atoms with E-state index in [0.717, 1.165) is 54.9 Å². The lowest BCUT2D eigenvalue weighted by molar-refractivity contribution is -0.140.